The van der Waals surface area contributed by atoms with Crippen LogP contribution in [0.4, 0.5) is 0 Å². The Labute approximate surface area is 166 Å². The Balaban J connectivity index is 1.49. The lowest BCUT2D eigenvalue weighted by Crippen LogP contribution is -2.48. The molecule has 1 saturated carbocycles. The first-order chi connectivity index (χ1) is 13.6. The second-order valence-electron chi connectivity index (χ2n) is 8.29. The van der Waals surface area contributed by atoms with E-state index < -0.39 is 0 Å². The van der Waals surface area contributed by atoms with Crippen molar-refractivity contribution in [1.29, 1.82) is 0 Å². The largest absolute Gasteiger partial charge is 0.355 e. The zero-order valence-electron chi connectivity index (χ0n) is 16.4. The molecule has 0 bridgehead atoms. The number of carbonyl (C=O) groups excluding carboxylic acids is 2. The molecule has 1 N–H and O–H groups in total. The van der Waals surface area contributed by atoms with Crippen LogP contribution < -0.4 is 5.32 Å². The molecule has 28 heavy (non-hydrogen) atoms. The number of nitrogens with zero attached hydrogens (tertiary/aromatic N) is 1. The number of rotatable bonds is 6. The molecule has 0 aromatic heterocycles. The first-order valence-corrected chi connectivity index (χ1v) is 10.3. The number of hydrogen-bond acceptors (Lipinski definition) is 2. The number of hydrogen-bond donors (Lipinski definition) is 1. The number of amides is 2. The molecule has 1 unspecified atom stereocenters. The van der Waals surface area contributed by atoms with Gasteiger partial charge in [-0.3, -0.25) is 9.59 Å². The number of piperidine rings is 1. The maximum atomic E-state index is 13.0. The molecule has 0 radical (unpaired) electrons. The van der Waals surface area contributed by atoms with Crippen LogP contribution in [0.25, 0.3) is 0 Å². The van der Waals surface area contributed by atoms with Gasteiger partial charge in [-0.15, -0.1) is 0 Å². The molecule has 4 heteroatoms. The minimum absolute atomic E-state index is 0.0660. The van der Waals surface area contributed by atoms with Crippen LogP contribution in [0.2, 0.25) is 0 Å². The molecule has 1 aliphatic heterocycles. The van der Waals surface area contributed by atoms with Crippen molar-refractivity contribution < 1.29 is 9.59 Å². The summed E-state index contributed by atoms with van der Waals surface area (Å²) in [6.07, 6.45) is 3.31. The van der Waals surface area contributed by atoms with E-state index >= 15 is 0 Å². The Bertz CT molecular complexity index is 791. The molecule has 1 aliphatic carbocycles. The monoisotopic (exact) mass is 376 g/mol. The summed E-state index contributed by atoms with van der Waals surface area (Å²) in [6, 6.07) is 21.0. The van der Waals surface area contributed by atoms with Gasteiger partial charge in [-0.25, -0.2) is 0 Å². The van der Waals surface area contributed by atoms with Crippen molar-refractivity contribution in [2.75, 3.05) is 13.1 Å². The molecule has 2 aliphatic rings. The highest BCUT2D eigenvalue weighted by Crippen LogP contribution is 2.33. The third-order valence-electron chi connectivity index (χ3n) is 6.24. The van der Waals surface area contributed by atoms with Crippen molar-refractivity contribution >= 4 is 11.8 Å². The van der Waals surface area contributed by atoms with Gasteiger partial charge >= 0.3 is 0 Å². The van der Waals surface area contributed by atoms with Crippen LogP contribution in [0.1, 0.15) is 43.7 Å². The highest BCUT2D eigenvalue weighted by molar-refractivity contribution is 5.84. The highest BCUT2D eigenvalue weighted by Gasteiger charge is 2.39. The molecule has 146 valence electrons. The molecule has 2 amide bonds. The minimum atomic E-state index is -0.307. The van der Waals surface area contributed by atoms with E-state index in [1.165, 1.54) is 11.1 Å². The Morgan fingerprint density at radius 3 is 2.11 bits per heavy atom. The molecule has 1 atom stereocenters. The van der Waals surface area contributed by atoms with Crippen molar-refractivity contribution in [1.82, 2.24) is 10.2 Å². The zero-order chi connectivity index (χ0) is 19.6. The van der Waals surface area contributed by atoms with E-state index in [1.807, 2.05) is 41.3 Å². The van der Waals surface area contributed by atoms with Crippen LogP contribution in [-0.4, -0.2) is 35.8 Å². The molecular formula is C24H28N2O2. The van der Waals surface area contributed by atoms with Crippen molar-refractivity contribution in [3.63, 3.8) is 0 Å². The van der Waals surface area contributed by atoms with E-state index in [9.17, 15) is 9.59 Å². The normalized spacial score (nSPS) is 20.1. The summed E-state index contributed by atoms with van der Waals surface area (Å²) in [5.74, 6) is 0.176. The van der Waals surface area contributed by atoms with Crippen LogP contribution in [0.15, 0.2) is 60.7 Å². The molecule has 4 nitrogen and oxygen atoms in total. The van der Waals surface area contributed by atoms with Gasteiger partial charge in [-0.1, -0.05) is 60.7 Å². The number of benzene rings is 2. The molecule has 1 heterocycles. The summed E-state index contributed by atoms with van der Waals surface area (Å²) in [5, 5.41) is 3.21. The van der Waals surface area contributed by atoms with Gasteiger partial charge in [0.2, 0.25) is 11.8 Å². The fourth-order valence-electron chi connectivity index (χ4n) is 4.22. The average Bonchev–Trinajstić information content (AvgIpc) is 3.58. The Kier molecular flexibility index (Phi) is 5.21. The molecule has 2 fully saturated rings. The number of likely N-dealkylation sites (tertiary alicyclic amines) is 1. The fraction of sp³-hybridized carbons (Fsp3) is 0.417. The lowest BCUT2D eigenvalue weighted by molar-refractivity contribution is -0.138. The van der Waals surface area contributed by atoms with Gasteiger partial charge in [-0.05, 0) is 37.3 Å². The van der Waals surface area contributed by atoms with E-state index in [4.69, 9.17) is 0 Å². The third kappa shape index (κ3) is 3.82. The van der Waals surface area contributed by atoms with E-state index in [1.54, 1.807) is 0 Å². The smallest absolute Gasteiger partial charge is 0.224 e. The molecule has 2 aromatic carbocycles. The van der Waals surface area contributed by atoms with E-state index in [-0.39, 0.29) is 23.1 Å². The number of nitrogens with one attached hydrogen (secondary N) is 1. The fourth-order valence-corrected chi connectivity index (χ4v) is 4.22. The van der Waals surface area contributed by atoms with Crippen molar-refractivity contribution in [2.45, 2.75) is 44.1 Å². The first-order valence-electron chi connectivity index (χ1n) is 10.3. The Hall–Kier alpha value is -2.62. The lowest BCUT2D eigenvalue weighted by atomic mass is 9.76. The topological polar surface area (TPSA) is 49.4 Å². The third-order valence-corrected chi connectivity index (χ3v) is 6.24. The van der Waals surface area contributed by atoms with Crippen LogP contribution >= 0.6 is 0 Å². The Morgan fingerprint density at radius 1 is 1.00 bits per heavy atom. The highest BCUT2D eigenvalue weighted by atomic mass is 16.2. The van der Waals surface area contributed by atoms with Crippen LogP contribution in [0.5, 0.6) is 0 Å². The molecular weight excluding hydrogens is 348 g/mol. The van der Waals surface area contributed by atoms with E-state index in [0.29, 0.717) is 32.0 Å². The van der Waals surface area contributed by atoms with Crippen LogP contribution in [0, 0.1) is 5.92 Å². The maximum absolute atomic E-state index is 13.0. The lowest BCUT2D eigenvalue weighted by Gasteiger charge is -2.34. The average molecular weight is 376 g/mol. The second kappa shape index (κ2) is 7.78. The van der Waals surface area contributed by atoms with Gasteiger partial charge < -0.3 is 10.2 Å². The van der Waals surface area contributed by atoms with Crippen molar-refractivity contribution in [3.05, 3.63) is 71.8 Å². The van der Waals surface area contributed by atoms with E-state index in [0.717, 1.165) is 12.8 Å². The second-order valence-corrected chi connectivity index (χ2v) is 8.29. The van der Waals surface area contributed by atoms with Gasteiger partial charge in [0.15, 0.2) is 0 Å². The van der Waals surface area contributed by atoms with Crippen molar-refractivity contribution in [2.24, 2.45) is 5.92 Å². The zero-order valence-corrected chi connectivity index (χ0v) is 16.4. The molecule has 4 rings (SSSR count). The first kappa shape index (κ1) is 18.7. The summed E-state index contributed by atoms with van der Waals surface area (Å²) < 4.78 is 0. The maximum Gasteiger partial charge on any atom is 0.224 e. The SMILES string of the molecule is CC(CNC(=O)C1CCC(=O)N(C2CC2)C1)(c1ccccc1)c1ccccc1. The van der Waals surface area contributed by atoms with Crippen molar-refractivity contribution in [3.8, 4) is 0 Å². The predicted molar refractivity (Wildman–Crippen MR) is 110 cm³/mol. The summed E-state index contributed by atoms with van der Waals surface area (Å²) >= 11 is 0. The molecule has 0 spiro atoms. The summed E-state index contributed by atoms with van der Waals surface area (Å²) in [5.41, 5.74) is 2.05. The quantitative estimate of drug-likeness (QED) is 0.839. The minimum Gasteiger partial charge on any atom is -0.355 e. The molecule has 2 aromatic rings. The predicted octanol–water partition coefficient (Wildman–Crippen LogP) is 3.51. The van der Waals surface area contributed by atoms with Gasteiger partial charge in [-0.2, -0.15) is 0 Å². The standard InChI is InChI=1S/C24H28N2O2/c1-24(19-8-4-2-5-9-19,20-10-6-3-7-11-20)17-25-23(28)18-12-15-22(27)26(16-18)21-13-14-21/h2-11,18,21H,12-17H2,1H3,(H,25,28). The molecule has 1 saturated heterocycles. The summed E-state index contributed by atoms with van der Waals surface area (Å²) in [7, 11) is 0. The van der Waals surface area contributed by atoms with Crippen LogP contribution in [-0.2, 0) is 15.0 Å². The number of carbonyl (C=O) groups is 2. The van der Waals surface area contributed by atoms with E-state index in [2.05, 4.69) is 36.5 Å². The van der Waals surface area contributed by atoms with Crippen LogP contribution in [0.3, 0.4) is 0 Å². The Morgan fingerprint density at radius 2 is 1.57 bits per heavy atom. The summed E-state index contributed by atoms with van der Waals surface area (Å²) in [6.45, 7) is 3.29. The summed E-state index contributed by atoms with van der Waals surface area (Å²) in [4.78, 5) is 27.0. The van der Waals surface area contributed by atoms with Gasteiger partial charge in [0.25, 0.3) is 0 Å². The van der Waals surface area contributed by atoms with Gasteiger partial charge in [0, 0.05) is 31.0 Å². The van der Waals surface area contributed by atoms with Gasteiger partial charge in [0.05, 0.1) is 5.92 Å². The van der Waals surface area contributed by atoms with Gasteiger partial charge in [0.1, 0.15) is 0 Å².